The molecule has 0 aliphatic carbocycles. The maximum atomic E-state index is 13.1. The van der Waals surface area contributed by atoms with Crippen molar-refractivity contribution in [2.75, 3.05) is 39.6 Å². The van der Waals surface area contributed by atoms with Crippen molar-refractivity contribution >= 4 is 39.5 Å². The van der Waals surface area contributed by atoms with Gasteiger partial charge < -0.3 is 33.8 Å². The molecule has 7 atom stereocenters. The normalized spacial score (nSPS) is 14.6. The zero-order valence-electron chi connectivity index (χ0n) is 64.4. The lowest BCUT2D eigenvalue weighted by Gasteiger charge is -2.21. The van der Waals surface area contributed by atoms with Gasteiger partial charge in [-0.2, -0.15) is 0 Å². The number of ether oxygens (including phenoxy) is 4. The first kappa shape index (κ1) is 96.1. The van der Waals surface area contributed by atoms with Crippen LogP contribution in [0.2, 0.25) is 0 Å². The molecule has 0 aromatic heterocycles. The Kier molecular flexibility index (Phi) is 66.8. The Hall–Kier alpha value is -1.94. The Labute approximate surface area is 600 Å². The fourth-order valence-corrected chi connectivity index (χ4v) is 13.6. The second kappa shape index (κ2) is 68.2. The summed E-state index contributed by atoms with van der Waals surface area (Å²) in [4.78, 5) is 72.9. The summed E-state index contributed by atoms with van der Waals surface area (Å²) >= 11 is 0. The fourth-order valence-electron chi connectivity index (χ4n) is 12.0. The molecular formula is C79H154O17P2. The first-order valence-electron chi connectivity index (χ1n) is 40.8. The van der Waals surface area contributed by atoms with Crippen LogP contribution in [0.3, 0.4) is 0 Å². The third-order valence-electron chi connectivity index (χ3n) is 19.0. The summed E-state index contributed by atoms with van der Waals surface area (Å²) in [6.07, 6.45) is 54.2. The van der Waals surface area contributed by atoms with Crippen LogP contribution in [0.5, 0.6) is 0 Å². The lowest BCUT2D eigenvalue weighted by Crippen LogP contribution is -2.30. The standard InChI is InChI=1S/C79H154O17P2/c1-9-71(7)57-49-41-33-27-19-17-15-13-11-12-14-16-18-20-28-34-43-51-59-76(81)89-65-74(95-78(83)61-53-45-35-29-23-21-25-31-39-47-55-69(3)4)67-93-97(85,86)91-63-73(80)64-92-98(87,88)94-68-75(66-90-77(82)60-52-44-38-37-42-50-58-72(8)10-2)96-79(84)62-54-46-36-30-24-22-26-32-40-48-56-70(5)6/h69-75,80H,9-68H2,1-8H3,(H,85,86)(H,87,88)/t71?,72?,73-,74-,75-/m1/s1. The van der Waals surface area contributed by atoms with E-state index in [1.54, 1.807) is 0 Å². The van der Waals surface area contributed by atoms with Crippen molar-refractivity contribution < 1.29 is 80.2 Å². The summed E-state index contributed by atoms with van der Waals surface area (Å²) in [5.41, 5.74) is 0. The molecule has 0 amide bonds. The summed E-state index contributed by atoms with van der Waals surface area (Å²) in [6, 6.07) is 0. The van der Waals surface area contributed by atoms with Gasteiger partial charge in [0.05, 0.1) is 26.4 Å². The van der Waals surface area contributed by atoms with Gasteiger partial charge in [-0.15, -0.1) is 0 Å². The Morgan fingerprint density at radius 3 is 0.724 bits per heavy atom. The van der Waals surface area contributed by atoms with E-state index in [4.69, 9.17) is 37.0 Å². The van der Waals surface area contributed by atoms with Crippen LogP contribution in [0.25, 0.3) is 0 Å². The highest BCUT2D eigenvalue weighted by molar-refractivity contribution is 7.47. The van der Waals surface area contributed by atoms with Crippen molar-refractivity contribution in [3.05, 3.63) is 0 Å². The van der Waals surface area contributed by atoms with Crippen LogP contribution < -0.4 is 0 Å². The molecule has 582 valence electrons. The van der Waals surface area contributed by atoms with Gasteiger partial charge in [-0.1, -0.05) is 351 Å². The van der Waals surface area contributed by atoms with Gasteiger partial charge in [-0.25, -0.2) is 9.13 Å². The zero-order valence-corrected chi connectivity index (χ0v) is 66.2. The van der Waals surface area contributed by atoms with Gasteiger partial charge in [-0.3, -0.25) is 37.3 Å². The first-order chi connectivity index (χ1) is 47.2. The number of rotatable bonds is 76. The fraction of sp³-hybridized carbons (Fsp3) is 0.949. The minimum atomic E-state index is -4.96. The Bertz CT molecular complexity index is 1920. The molecule has 0 radical (unpaired) electrons. The van der Waals surface area contributed by atoms with E-state index in [0.29, 0.717) is 25.7 Å². The SMILES string of the molecule is CCC(C)CCCCCCCCCCCCCCCCCCCCC(=O)OC[C@H](COP(=O)(O)OC[C@@H](O)COP(=O)(O)OC[C@@H](COC(=O)CCCCCCCCC(C)CC)OC(=O)CCCCCCCCCCCCC(C)C)OC(=O)CCCCCCCCCCCCC(C)C. The van der Waals surface area contributed by atoms with Crippen LogP contribution in [-0.4, -0.2) is 96.7 Å². The van der Waals surface area contributed by atoms with Gasteiger partial charge in [0.1, 0.15) is 19.3 Å². The smallest absolute Gasteiger partial charge is 0.462 e. The molecule has 0 saturated heterocycles. The second-order valence-electron chi connectivity index (χ2n) is 29.9. The number of phosphoric acid groups is 2. The number of aliphatic hydroxyl groups is 1. The van der Waals surface area contributed by atoms with Crippen LogP contribution in [0.4, 0.5) is 0 Å². The first-order valence-corrected chi connectivity index (χ1v) is 43.8. The number of phosphoric ester groups is 2. The highest BCUT2D eigenvalue weighted by atomic mass is 31.2. The van der Waals surface area contributed by atoms with Gasteiger partial charge in [0, 0.05) is 25.7 Å². The largest absolute Gasteiger partial charge is 0.472 e. The molecule has 19 heteroatoms. The van der Waals surface area contributed by atoms with Crippen molar-refractivity contribution in [2.24, 2.45) is 23.7 Å². The van der Waals surface area contributed by atoms with Gasteiger partial charge in [0.2, 0.25) is 0 Å². The van der Waals surface area contributed by atoms with Gasteiger partial charge >= 0.3 is 39.5 Å². The number of hydrogen-bond donors (Lipinski definition) is 3. The molecule has 17 nitrogen and oxygen atoms in total. The molecule has 0 bridgehead atoms. The maximum absolute atomic E-state index is 13.1. The summed E-state index contributed by atoms with van der Waals surface area (Å²) in [5, 5.41) is 10.6. The van der Waals surface area contributed by atoms with Crippen molar-refractivity contribution in [1.29, 1.82) is 0 Å². The molecule has 0 fully saturated rings. The van der Waals surface area contributed by atoms with Crippen LogP contribution in [-0.2, 0) is 65.4 Å². The second-order valence-corrected chi connectivity index (χ2v) is 32.8. The number of aliphatic hydroxyl groups excluding tert-OH is 1. The minimum Gasteiger partial charge on any atom is -0.462 e. The molecule has 4 unspecified atom stereocenters. The molecular weight excluding hydrogens is 1280 g/mol. The quantitative estimate of drug-likeness (QED) is 0.0222. The number of unbranched alkanes of at least 4 members (excludes halogenated alkanes) is 40. The maximum Gasteiger partial charge on any atom is 0.472 e. The zero-order chi connectivity index (χ0) is 72.4. The molecule has 0 aromatic carbocycles. The van der Waals surface area contributed by atoms with Crippen LogP contribution >= 0.6 is 15.6 Å². The molecule has 0 aliphatic rings. The van der Waals surface area contributed by atoms with Crippen molar-refractivity contribution in [2.45, 2.75) is 420 Å². The molecule has 0 rings (SSSR count). The van der Waals surface area contributed by atoms with Crippen molar-refractivity contribution in [1.82, 2.24) is 0 Å². The predicted molar refractivity (Wildman–Crippen MR) is 400 cm³/mol. The topological polar surface area (TPSA) is 237 Å². The minimum absolute atomic E-state index is 0.105. The van der Waals surface area contributed by atoms with E-state index in [9.17, 15) is 43.2 Å². The van der Waals surface area contributed by atoms with E-state index in [-0.39, 0.29) is 25.7 Å². The lowest BCUT2D eigenvalue weighted by atomic mass is 9.99. The summed E-state index contributed by atoms with van der Waals surface area (Å²) in [5.74, 6) is 0.989. The lowest BCUT2D eigenvalue weighted by molar-refractivity contribution is -0.161. The van der Waals surface area contributed by atoms with Gasteiger partial charge in [0.25, 0.3) is 0 Å². The summed E-state index contributed by atoms with van der Waals surface area (Å²) in [6.45, 7) is 14.2. The van der Waals surface area contributed by atoms with Crippen LogP contribution in [0, 0.1) is 23.7 Å². The molecule has 0 heterocycles. The van der Waals surface area contributed by atoms with Gasteiger partial charge in [-0.05, 0) is 49.4 Å². The average Bonchev–Trinajstić information content (AvgIpc) is 0.959. The van der Waals surface area contributed by atoms with Crippen LogP contribution in [0.1, 0.15) is 402 Å². The highest BCUT2D eigenvalue weighted by Gasteiger charge is 2.30. The Balaban J connectivity index is 5.18. The number of esters is 4. The molecule has 98 heavy (non-hydrogen) atoms. The molecule has 3 N–H and O–H groups in total. The van der Waals surface area contributed by atoms with E-state index in [2.05, 4.69) is 55.4 Å². The molecule has 0 aliphatic heterocycles. The highest BCUT2D eigenvalue weighted by Crippen LogP contribution is 2.45. The van der Waals surface area contributed by atoms with Crippen LogP contribution in [0.15, 0.2) is 0 Å². The third-order valence-corrected chi connectivity index (χ3v) is 20.9. The van der Waals surface area contributed by atoms with E-state index in [0.717, 1.165) is 120 Å². The molecule has 0 saturated carbocycles. The average molecular weight is 1440 g/mol. The van der Waals surface area contributed by atoms with Gasteiger partial charge in [0.15, 0.2) is 12.2 Å². The Morgan fingerprint density at radius 1 is 0.286 bits per heavy atom. The summed E-state index contributed by atoms with van der Waals surface area (Å²) in [7, 11) is -9.92. The summed E-state index contributed by atoms with van der Waals surface area (Å²) < 4.78 is 68.6. The van der Waals surface area contributed by atoms with E-state index < -0.39 is 97.5 Å². The predicted octanol–water partition coefficient (Wildman–Crippen LogP) is 23.2. The number of carbonyl (C=O) groups is 4. The monoisotopic (exact) mass is 1440 g/mol. The third kappa shape index (κ3) is 69.8. The Morgan fingerprint density at radius 2 is 0.490 bits per heavy atom. The molecule has 0 spiro atoms. The van der Waals surface area contributed by atoms with E-state index in [1.165, 1.54) is 199 Å². The van der Waals surface area contributed by atoms with Crippen molar-refractivity contribution in [3.63, 3.8) is 0 Å². The van der Waals surface area contributed by atoms with E-state index in [1.807, 2.05) is 0 Å². The molecule has 0 aromatic rings. The number of carbonyl (C=O) groups excluding carboxylic acids is 4. The number of hydrogen-bond acceptors (Lipinski definition) is 15. The van der Waals surface area contributed by atoms with Crippen molar-refractivity contribution in [3.8, 4) is 0 Å². The van der Waals surface area contributed by atoms with E-state index >= 15 is 0 Å².